The lowest BCUT2D eigenvalue weighted by Crippen LogP contribution is -2.37. The molecule has 0 spiro atoms. The molecule has 2 aromatic heterocycles. The van der Waals surface area contributed by atoms with Gasteiger partial charge in [0, 0.05) is 72.8 Å². The van der Waals surface area contributed by atoms with Crippen molar-refractivity contribution in [3.05, 3.63) is 60.0 Å². The van der Waals surface area contributed by atoms with Gasteiger partial charge in [-0.15, -0.1) is 0 Å². The Balaban J connectivity index is 1.49. The van der Waals surface area contributed by atoms with Gasteiger partial charge in [0.15, 0.2) is 0 Å². The standard InChI is InChI=1S/C26H33N5O3/c1-18(2)25(32)29-20-4-5-23-21(16-20)22(17-28-23)24(26(33)34)31-12-3-11-30(14-15-31)13-8-19-6-9-27-10-7-19/h4-7,9-10,16-18,24,28H,3,8,11-15H2,1-2H3,(H,29,32)(H,33,34). The Morgan fingerprint density at radius 3 is 2.65 bits per heavy atom. The molecule has 0 radical (unpaired) electrons. The first-order chi connectivity index (χ1) is 16.4. The number of carboxylic acids is 1. The summed E-state index contributed by atoms with van der Waals surface area (Å²) in [5.41, 5.74) is 3.53. The van der Waals surface area contributed by atoms with Crippen molar-refractivity contribution in [3.63, 3.8) is 0 Å². The number of rotatable bonds is 8. The quantitative estimate of drug-likeness (QED) is 0.472. The van der Waals surface area contributed by atoms with Gasteiger partial charge in [0.2, 0.25) is 5.91 Å². The van der Waals surface area contributed by atoms with Crippen molar-refractivity contribution < 1.29 is 14.7 Å². The maximum Gasteiger partial charge on any atom is 0.325 e. The molecule has 0 saturated carbocycles. The summed E-state index contributed by atoms with van der Waals surface area (Å²) in [6, 6.07) is 8.93. The molecule has 8 heteroatoms. The highest BCUT2D eigenvalue weighted by Gasteiger charge is 2.31. The van der Waals surface area contributed by atoms with Gasteiger partial charge in [-0.05, 0) is 55.3 Å². The van der Waals surface area contributed by atoms with Gasteiger partial charge in [-0.25, -0.2) is 0 Å². The number of H-pyrrole nitrogens is 1. The van der Waals surface area contributed by atoms with Gasteiger partial charge in [-0.3, -0.25) is 19.5 Å². The summed E-state index contributed by atoms with van der Waals surface area (Å²) in [6.07, 6.45) is 7.30. The van der Waals surface area contributed by atoms with E-state index >= 15 is 0 Å². The zero-order chi connectivity index (χ0) is 24.1. The highest BCUT2D eigenvalue weighted by atomic mass is 16.4. The Morgan fingerprint density at radius 1 is 1.12 bits per heavy atom. The van der Waals surface area contributed by atoms with E-state index in [0.717, 1.165) is 55.5 Å². The number of benzene rings is 1. The predicted molar refractivity (Wildman–Crippen MR) is 133 cm³/mol. The minimum absolute atomic E-state index is 0.0643. The fraction of sp³-hybridized carbons (Fsp3) is 0.423. The molecule has 180 valence electrons. The molecule has 1 amide bonds. The maximum absolute atomic E-state index is 12.5. The average molecular weight is 464 g/mol. The van der Waals surface area contributed by atoms with Crippen LogP contribution in [0.25, 0.3) is 10.9 Å². The second-order valence-electron chi connectivity index (χ2n) is 9.23. The molecule has 1 atom stereocenters. The van der Waals surface area contributed by atoms with Gasteiger partial charge in [-0.1, -0.05) is 13.8 Å². The van der Waals surface area contributed by atoms with Crippen LogP contribution >= 0.6 is 0 Å². The Kier molecular flexibility index (Phi) is 7.59. The number of carbonyl (C=O) groups excluding carboxylic acids is 1. The van der Waals surface area contributed by atoms with Crippen LogP contribution < -0.4 is 5.32 Å². The van der Waals surface area contributed by atoms with E-state index in [9.17, 15) is 14.7 Å². The molecule has 1 aliphatic rings. The van der Waals surface area contributed by atoms with Crippen molar-refractivity contribution in [3.8, 4) is 0 Å². The van der Waals surface area contributed by atoms with Gasteiger partial charge in [0.25, 0.3) is 0 Å². The minimum Gasteiger partial charge on any atom is -0.480 e. The summed E-state index contributed by atoms with van der Waals surface area (Å²) in [7, 11) is 0. The predicted octanol–water partition coefficient (Wildman–Crippen LogP) is 3.53. The Morgan fingerprint density at radius 2 is 1.91 bits per heavy atom. The van der Waals surface area contributed by atoms with E-state index in [1.54, 1.807) is 6.20 Å². The first-order valence-electron chi connectivity index (χ1n) is 11.9. The number of carbonyl (C=O) groups is 2. The van der Waals surface area contributed by atoms with E-state index in [0.29, 0.717) is 12.2 Å². The van der Waals surface area contributed by atoms with Gasteiger partial charge in [0.05, 0.1) is 0 Å². The third-order valence-corrected chi connectivity index (χ3v) is 6.49. The van der Waals surface area contributed by atoms with Crippen LogP contribution in [0.5, 0.6) is 0 Å². The molecule has 3 N–H and O–H groups in total. The first-order valence-corrected chi connectivity index (χ1v) is 11.9. The molecule has 3 aromatic rings. The summed E-state index contributed by atoms with van der Waals surface area (Å²) < 4.78 is 0. The van der Waals surface area contributed by atoms with Crippen LogP contribution in [0.15, 0.2) is 48.9 Å². The number of aromatic nitrogens is 2. The largest absolute Gasteiger partial charge is 0.480 e. The number of amides is 1. The molecular formula is C26H33N5O3. The van der Waals surface area contributed by atoms with E-state index in [-0.39, 0.29) is 11.8 Å². The number of aliphatic carboxylic acids is 1. The Bertz CT molecular complexity index is 1130. The Hall–Kier alpha value is -3.23. The van der Waals surface area contributed by atoms with Crippen molar-refractivity contribution in [2.75, 3.05) is 38.0 Å². The van der Waals surface area contributed by atoms with Crippen LogP contribution in [0.1, 0.15) is 37.4 Å². The van der Waals surface area contributed by atoms with Gasteiger partial charge >= 0.3 is 5.97 Å². The van der Waals surface area contributed by atoms with E-state index in [1.807, 2.05) is 56.6 Å². The van der Waals surface area contributed by atoms with Crippen LogP contribution in [-0.2, 0) is 16.0 Å². The summed E-state index contributed by atoms with van der Waals surface area (Å²) in [5.74, 6) is -1.06. The molecule has 0 aliphatic carbocycles. The summed E-state index contributed by atoms with van der Waals surface area (Å²) in [4.78, 5) is 36.4. The maximum atomic E-state index is 12.5. The number of aromatic amines is 1. The van der Waals surface area contributed by atoms with Crippen LogP contribution in [0.3, 0.4) is 0 Å². The first kappa shape index (κ1) is 23.9. The third-order valence-electron chi connectivity index (χ3n) is 6.49. The van der Waals surface area contributed by atoms with Crippen LogP contribution in [0.4, 0.5) is 5.69 Å². The number of hydrogen-bond acceptors (Lipinski definition) is 5. The molecule has 3 heterocycles. The van der Waals surface area contributed by atoms with E-state index in [4.69, 9.17) is 0 Å². The topological polar surface area (TPSA) is 102 Å². The normalized spacial score (nSPS) is 16.4. The SMILES string of the molecule is CC(C)C(=O)Nc1ccc2[nH]cc(C(C(=O)O)N3CCCN(CCc4ccncc4)CC3)c2c1. The molecule has 0 bridgehead atoms. The minimum atomic E-state index is -0.859. The fourth-order valence-electron chi connectivity index (χ4n) is 4.53. The van der Waals surface area contributed by atoms with Crippen molar-refractivity contribution in [1.29, 1.82) is 0 Å². The molecule has 1 aromatic carbocycles. The van der Waals surface area contributed by atoms with Crippen LogP contribution in [-0.4, -0.2) is 69.5 Å². The number of fused-ring (bicyclic) bond motifs is 1. The smallest absolute Gasteiger partial charge is 0.325 e. The lowest BCUT2D eigenvalue weighted by atomic mass is 10.0. The molecule has 8 nitrogen and oxygen atoms in total. The summed E-state index contributed by atoms with van der Waals surface area (Å²) >= 11 is 0. The lowest BCUT2D eigenvalue weighted by Gasteiger charge is -2.27. The molecule has 1 fully saturated rings. The second kappa shape index (κ2) is 10.8. The van der Waals surface area contributed by atoms with E-state index in [2.05, 4.69) is 25.1 Å². The van der Waals surface area contributed by atoms with Crippen molar-refractivity contribution >= 4 is 28.5 Å². The zero-order valence-electron chi connectivity index (χ0n) is 19.8. The van der Waals surface area contributed by atoms with Crippen LogP contribution in [0, 0.1) is 5.92 Å². The molecular weight excluding hydrogens is 430 g/mol. The highest BCUT2D eigenvalue weighted by Crippen LogP contribution is 2.31. The van der Waals surface area contributed by atoms with Crippen LogP contribution in [0.2, 0.25) is 0 Å². The molecule has 34 heavy (non-hydrogen) atoms. The molecule has 1 aliphatic heterocycles. The lowest BCUT2D eigenvalue weighted by molar-refractivity contribution is -0.143. The number of hydrogen-bond donors (Lipinski definition) is 3. The van der Waals surface area contributed by atoms with Gasteiger partial charge in [0.1, 0.15) is 6.04 Å². The number of nitrogens with zero attached hydrogens (tertiary/aromatic N) is 3. The van der Waals surface area contributed by atoms with E-state index < -0.39 is 12.0 Å². The fourth-order valence-corrected chi connectivity index (χ4v) is 4.53. The number of carboxylic acid groups (broad SMARTS) is 1. The highest BCUT2D eigenvalue weighted by molar-refractivity contribution is 5.96. The Labute approximate surface area is 200 Å². The van der Waals surface area contributed by atoms with Gasteiger partial charge in [-0.2, -0.15) is 0 Å². The summed E-state index contributed by atoms with van der Waals surface area (Å²) in [6.45, 7) is 7.82. The number of anilines is 1. The van der Waals surface area contributed by atoms with Crippen molar-refractivity contribution in [2.45, 2.75) is 32.7 Å². The number of nitrogens with one attached hydrogen (secondary N) is 2. The average Bonchev–Trinajstić information content (AvgIpc) is 3.08. The molecule has 1 unspecified atom stereocenters. The third kappa shape index (κ3) is 5.63. The van der Waals surface area contributed by atoms with Crippen molar-refractivity contribution in [1.82, 2.24) is 19.8 Å². The number of pyridine rings is 1. The van der Waals surface area contributed by atoms with Gasteiger partial charge < -0.3 is 20.3 Å². The second-order valence-corrected chi connectivity index (χ2v) is 9.23. The zero-order valence-corrected chi connectivity index (χ0v) is 19.8. The molecule has 4 rings (SSSR count). The summed E-state index contributed by atoms with van der Waals surface area (Å²) in [5, 5.41) is 14.0. The molecule has 1 saturated heterocycles. The van der Waals surface area contributed by atoms with Crippen molar-refractivity contribution in [2.24, 2.45) is 5.92 Å². The van der Waals surface area contributed by atoms with E-state index in [1.165, 1.54) is 5.56 Å². The monoisotopic (exact) mass is 463 g/mol.